The van der Waals surface area contributed by atoms with Crippen LogP contribution in [0.4, 0.5) is 0 Å². The van der Waals surface area contributed by atoms with Crippen molar-refractivity contribution in [2.24, 2.45) is 0 Å². The fourth-order valence-electron chi connectivity index (χ4n) is 1.11. The second-order valence-corrected chi connectivity index (χ2v) is 8.64. The standard InChI is InChI=1S/C5H9I/c1-2-5-4-6(5)3-1/h5H,1-4H2. The van der Waals surface area contributed by atoms with Gasteiger partial charge in [-0.1, -0.05) is 0 Å². The van der Waals surface area contributed by atoms with Crippen molar-refractivity contribution in [1.82, 2.24) is 0 Å². The molecule has 0 radical (unpaired) electrons. The molecule has 36 valence electrons. The van der Waals surface area contributed by atoms with Crippen LogP contribution in [-0.4, -0.2) is 12.8 Å². The van der Waals surface area contributed by atoms with E-state index in [1.807, 2.05) is 0 Å². The van der Waals surface area contributed by atoms with Crippen LogP contribution in [0.15, 0.2) is 0 Å². The molecule has 0 aromatic heterocycles. The van der Waals surface area contributed by atoms with Gasteiger partial charge in [0.2, 0.25) is 0 Å². The molecule has 2 saturated heterocycles. The van der Waals surface area contributed by atoms with Crippen molar-refractivity contribution in [3.63, 3.8) is 0 Å². The summed E-state index contributed by atoms with van der Waals surface area (Å²) in [5.74, 6) is 0. The first kappa shape index (κ1) is 3.70. The van der Waals surface area contributed by atoms with E-state index in [2.05, 4.69) is 0 Å². The Bertz CT molecular complexity index is 62.3. The SMILES string of the molecule is C1CC2CI2C1. The molecule has 1 heteroatoms. The topological polar surface area (TPSA) is 0 Å². The number of hydrogen-bond acceptors (Lipinski definition) is 0. The number of alkyl halides is 3. The van der Waals surface area contributed by atoms with E-state index in [0.717, 1.165) is 0 Å². The number of halogens is 1. The van der Waals surface area contributed by atoms with Crippen LogP contribution in [0.1, 0.15) is 12.8 Å². The molecule has 2 heterocycles. The summed E-state index contributed by atoms with van der Waals surface area (Å²) >= 11 is -0.0230. The third-order valence-corrected chi connectivity index (χ3v) is 8.36. The van der Waals surface area contributed by atoms with Gasteiger partial charge in [0.05, 0.1) is 0 Å². The van der Waals surface area contributed by atoms with Crippen LogP contribution in [0, 0.1) is 0 Å². The summed E-state index contributed by atoms with van der Waals surface area (Å²) in [4.78, 5) is 0. The normalized spacial score (nSPS) is 46.0. The summed E-state index contributed by atoms with van der Waals surface area (Å²) in [6.07, 6.45) is 3.24. The van der Waals surface area contributed by atoms with E-state index >= 15 is 0 Å². The van der Waals surface area contributed by atoms with Crippen LogP contribution in [-0.2, 0) is 0 Å². The molecule has 0 nitrogen and oxygen atoms in total. The second kappa shape index (κ2) is 1.11. The molecule has 2 aliphatic heterocycles. The third-order valence-electron chi connectivity index (χ3n) is 1.59. The average Bonchev–Trinajstić information content (AvgIpc) is 2.17. The Hall–Kier alpha value is 0.730. The van der Waals surface area contributed by atoms with Crippen LogP contribution >= 0.6 is 19.8 Å². The van der Waals surface area contributed by atoms with Gasteiger partial charge in [0.15, 0.2) is 0 Å². The van der Waals surface area contributed by atoms with E-state index in [-0.39, 0.29) is 19.8 Å². The number of hydrogen-bond donors (Lipinski definition) is 0. The molecular formula is C5H9I. The molecular weight excluding hydrogens is 187 g/mol. The maximum atomic E-state index is 1.74. The first-order valence-corrected chi connectivity index (χ1v) is 6.87. The van der Waals surface area contributed by atoms with E-state index in [0.29, 0.717) is 0 Å². The molecule has 0 aromatic rings. The van der Waals surface area contributed by atoms with Crippen molar-refractivity contribution < 1.29 is 0 Å². The van der Waals surface area contributed by atoms with E-state index in [4.69, 9.17) is 0 Å². The van der Waals surface area contributed by atoms with E-state index in [1.165, 1.54) is 3.92 Å². The van der Waals surface area contributed by atoms with Gasteiger partial charge in [-0.2, -0.15) is 0 Å². The van der Waals surface area contributed by atoms with Gasteiger partial charge in [0.25, 0.3) is 0 Å². The maximum absolute atomic E-state index is 1.74. The van der Waals surface area contributed by atoms with Crippen LogP contribution in [0.3, 0.4) is 0 Å². The summed E-state index contributed by atoms with van der Waals surface area (Å²) < 4.78 is 4.83. The molecule has 1 unspecified atom stereocenters. The fourth-order valence-corrected chi connectivity index (χ4v) is 8.23. The summed E-state index contributed by atoms with van der Waals surface area (Å²) in [7, 11) is 0. The van der Waals surface area contributed by atoms with Crippen LogP contribution in [0.2, 0.25) is 0 Å². The molecule has 0 amide bonds. The second-order valence-electron chi connectivity index (χ2n) is 2.08. The Morgan fingerprint density at radius 1 is 1.50 bits per heavy atom. The molecule has 0 aromatic carbocycles. The molecule has 1 atom stereocenters. The molecule has 0 spiro atoms. The average molecular weight is 196 g/mol. The van der Waals surface area contributed by atoms with Gasteiger partial charge in [0.1, 0.15) is 0 Å². The zero-order valence-electron chi connectivity index (χ0n) is 3.78. The molecule has 6 heavy (non-hydrogen) atoms. The molecule has 2 fully saturated rings. The zero-order chi connectivity index (χ0) is 3.98. The molecule has 0 aliphatic carbocycles. The predicted octanol–water partition coefficient (Wildman–Crippen LogP) is 1.67. The van der Waals surface area contributed by atoms with E-state index in [9.17, 15) is 0 Å². The van der Waals surface area contributed by atoms with Gasteiger partial charge in [0, 0.05) is 0 Å². The van der Waals surface area contributed by atoms with Gasteiger partial charge in [-0.25, -0.2) is 0 Å². The van der Waals surface area contributed by atoms with Crippen molar-refractivity contribution in [2.45, 2.75) is 16.8 Å². The zero-order valence-corrected chi connectivity index (χ0v) is 5.94. The van der Waals surface area contributed by atoms with Crippen molar-refractivity contribution in [2.75, 3.05) is 8.86 Å². The molecule has 0 N–H and O–H groups in total. The monoisotopic (exact) mass is 196 g/mol. The molecule has 0 saturated carbocycles. The van der Waals surface area contributed by atoms with Crippen LogP contribution in [0.25, 0.3) is 0 Å². The summed E-state index contributed by atoms with van der Waals surface area (Å²) in [6.45, 7) is 0. The predicted molar refractivity (Wildman–Crippen MR) is 36.8 cm³/mol. The van der Waals surface area contributed by atoms with Crippen LogP contribution < -0.4 is 0 Å². The van der Waals surface area contributed by atoms with Crippen molar-refractivity contribution in [1.29, 1.82) is 0 Å². The molecule has 2 aliphatic rings. The number of rotatable bonds is 0. The summed E-state index contributed by atoms with van der Waals surface area (Å²) in [5, 5.41) is 0. The van der Waals surface area contributed by atoms with E-state index in [1.54, 1.807) is 21.7 Å². The Balaban J connectivity index is 2.09. The van der Waals surface area contributed by atoms with Gasteiger partial charge >= 0.3 is 45.4 Å². The van der Waals surface area contributed by atoms with Gasteiger partial charge in [-0.3, -0.25) is 0 Å². The summed E-state index contributed by atoms with van der Waals surface area (Å²) in [5.41, 5.74) is 0. The Morgan fingerprint density at radius 3 is 2.67 bits per heavy atom. The quantitative estimate of drug-likeness (QED) is 0.408. The fraction of sp³-hybridized carbons (Fsp3) is 1.00. The minimum atomic E-state index is -0.0230. The van der Waals surface area contributed by atoms with E-state index < -0.39 is 0 Å². The first-order valence-electron chi connectivity index (χ1n) is 2.57. The van der Waals surface area contributed by atoms with Crippen LogP contribution in [0.5, 0.6) is 0 Å². The Morgan fingerprint density at radius 2 is 2.50 bits per heavy atom. The van der Waals surface area contributed by atoms with Crippen molar-refractivity contribution in [3.05, 3.63) is 0 Å². The molecule has 2 rings (SSSR count). The first-order chi connectivity index (χ1) is 2.97. The Labute approximate surface area is 45.7 Å². The van der Waals surface area contributed by atoms with Crippen molar-refractivity contribution in [3.8, 4) is 0 Å². The van der Waals surface area contributed by atoms with Crippen molar-refractivity contribution >= 4 is 19.8 Å². The van der Waals surface area contributed by atoms with Gasteiger partial charge in [-0.15, -0.1) is 0 Å². The molecule has 0 bridgehead atoms. The third kappa shape index (κ3) is 0.406. The Kier molecular flexibility index (Phi) is 0.686. The van der Waals surface area contributed by atoms with Gasteiger partial charge in [-0.05, 0) is 0 Å². The van der Waals surface area contributed by atoms with Gasteiger partial charge < -0.3 is 0 Å². The minimum absolute atomic E-state index is 0.0230. The number of fused-ring (bicyclic) bond motifs is 1. The summed E-state index contributed by atoms with van der Waals surface area (Å²) in [6, 6.07) is 0.